The van der Waals surface area contributed by atoms with E-state index >= 15 is 0 Å². The average molecular weight is 408 g/mol. The summed E-state index contributed by atoms with van der Waals surface area (Å²) in [6.45, 7) is 2.57. The van der Waals surface area contributed by atoms with Crippen LogP contribution in [0.1, 0.15) is 40.1 Å². The number of hydrogen-bond donors (Lipinski definition) is 1. The van der Waals surface area contributed by atoms with E-state index in [0.29, 0.717) is 16.5 Å². The van der Waals surface area contributed by atoms with Crippen LogP contribution < -0.4 is 5.32 Å². The zero-order valence-corrected chi connectivity index (χ0v) is 15.2. The Kier molecular flexibility index (Phi) is 4.07. The van der Waals surface area contributed by atoms with Crippen LogP contribution in [-0.4, -0.2) is 32.1 Å². The monoisotopic (exact) mass is 407 g/mol. The van der Waals surface area contributed by atoms with E-state index < -0.39 is 0 Å². The first-order valence-corrected chi connectivity index (χ1v) is 9.13. The predicted octanol–water partition coefficient (Wildman–Crippen LogP) is 3.36. The van der Waals surface area contributed by atoms with Gasteiger partial charge in [0.25, 0.3) is 5.91 Å². The third-order valence-corrected chi connectivity index (χ3v) is 5.24. The molecule has 1 aliphatic heterocycles. The summed E-state index contributed by atoms with van der Waals surface area (Å²) in [5.74, 6) is -0.256. The molecule has 1 unspecified atom stereocenters. The number of aromatic nitrogens is 4. The number of nitrogens with zero attached hydrogens (tertiary/aromatic N) is 4. The van der Waals surface area contributed by atoms with Crippen molar-refractivity contribution in [1.82, 2.24) is 19.6 Å². The summed E-state index contributed by atoms with van der Waals surface area (Å²) in [5, 5.41) is 12.3. The molecule has 1 N–H and O–H groups in total. The van der Waals surface area contributed by atoms with Crippen LogP contribution in [0.3, 0.4) is 0 Å². The first-order chi connectivity index (χ1) is 11.6. The molecule has 1 amide bonds. The smallest absolute Gasteiger partial charge is 0.276 e. The Morgan fingerprint density at radius 1 is 1.46 bits per heavy atom. The topological polar surface area (TPSA) is 81.4 Å². The minimum atomic E-state index is -0.256. The maximum atomic E-state index is 12.7. The zero-order chi connectivity index (χ0) is 16.7. The van der Waals surface area contributed by atoms with E-state index in [9.17, 15) is 4.79 Å². The Bertz CT molecular complexity index is 916. The summed E-state index contributed by atoms with van der Waals surface area (Å²) in [6, 6.07) is 3.75. The van der Waals surface area contributed by atoms with Crippen LogP contribution in [0.25, 0.3) is 5.65 Å². The number of carbonyl (C=O) groups excluding carboxylic acids is 1. The number of imidazole rings is 1. The van der Waals surface area contributed by atoms with Crippen LogP contribution in [0.5, 0.6) is 0 Å². The molecule has 1 atom stereocenters. The maximum Gasteiger partial charge on any atom is 0.276 e. The molecule has 1 aliphatic rings. The minimum absolute atomic E-state index is 0.00152. The summed E-state index contributed by atoms with van der Waals surface area (Å²) in [7, 11) is 0. The van der Waals surface area contributed by atoms with Crippen LogP contribution in [0.2, 0.25) is 0 Å². The molecular formula is C15H14BrN5O2S. The van der Waals surface area contributed by atoms with Gasteiger partial charge < -0.3 is 4.74 Å². The molecule has 9 heteroatoms. The van der Waals surface area contributed by atoms with Crippen molar-refractivity contribution in [2.45, 2.75) is 25.9 Å². The van der Waals surface area contributed by atoms with E-state index in [4.69, 9.17) is 4.74 Å². The number of pyridine rings is 1. The van der Waals surface area contributed by atoms with Crippen LogP contribution in [-0.2, 0) is 4.74 Å². The fraction of sp³-hybridized carbons (Fsp3) is 0.333. The van der Waals surface area contributed by atoms with Crippen LogP contribution >= 0.6 is 27.3 Å². The molecule has 0 aliphatic carbocycles. The van der Waals surface area contributed by atoms with Gasteiger partial charge >= 0.3 is 0 Å². The van der Waals surface area contributed by atoms with Gasteiger partial charge in [-0.3, -0.25) is 14.5 Å². The predicted molar refractivity (Wildman–Crippen MR) is 93.4 cm³/mol. The second-order valence-corrected chi connectivity index (χ2v) is 7.45. The van der Waals surface area contributed by atoms with Gasteiger partial charge in [0, 0.05) is 17.3 Å². The van der Waals surface area contributed by atoms with Gasteiger partial charge in [0.2, 0.25) is 5.13 Å². The van der Waals surface area contributed by atoms with Gasteiger partial charge in [0.05, 0.1) is 5.69 Å². The quantitative estimate of drug-likeness (QED) is 0.719. The highest BCUT2D eigenvalue weighted by Crippen LogP contribution is 2.32. The van der Waals surface area contributed by atoms with E-state index in [0.717, 1.165) is 34.6 Å². The van der Waals surface area contributed by atoms with Crippen molar-refractivity contribution in [2.75, 3.05) is 11.9 Å². The third-order valence-electron chi connectivity index (χ3n) is 3.84. The molecule has 3 aromatic heterocycles. The molecule has 124 valence electrons. The second-order valence-electron chi connectivity index (χ2n) is 5.52. The summed E-state index contributed by atoms with van der Waals surface area (Å²) in [4.78, 5) is 17.1. The largest absolute Gasteiger partial charge is 0.371 e. The van der Waals surface area contributed by atoms with Gasteiger partial charge in [-0.1, -0.05) is 11.3 Å². The molecule has 24 heavy (non-hydrogen) atoms. The van der Waals surface area contributed by atoms with Gasteiger partial charge in [-0.2, -0.15) is 0 Å². The summed E-state index contributed by atoms with van der Waals surface area (Å²) >= 11 is 4.77. The van der Waals surface area contributed by atoms with Crippen LogP contribution in [0.4, 0.5) is 5.13 Å². The van der Waals surface area contributed by atoms with Crippen LogP contribution in [0, 0.1) is 6.92 Å². The number of aryl methyl sites for hydroxylation is 1. The fourth-order valence-electron chi connectivity index (χ4n) is 2.75. The molecule has 4 heterocycles. The molecule has 0 spiro atoms. The van der Waals surface area contributed by atoms with Crippen molar-refractivity contribution >= 4 is 44.0 Å². The summed E-state index contributed by atoms with van der Waals surface area (Å²) in [5.41, 5.74) is 1.87. The molecule has 0 saturated carbocycles. The van der Waals surface area contributed by atoms with Crippen molar-refractivity contribution < 1.29 is 9.53 Å². The number of halogens is 1. The van der Waals surface area contributed by atoms with Crippen molar-refractivity contribution in [3.05, 3.63) is 39.2 Å². The lowest BCUT2D eigenvalue weighted by Gasteiger charge is -2.04. The van der Waals surface area contributed by atoms with E-state index in [1.807, 2.05) is 25.3 Å². The molecular weight excluding hydrogens is 394 g/mol. The molecule has 0 aromatic carbocycles. The number of carbonyl (C=O) groups is 1. The first kappa shape index (κ1) is 15.7. The van der Waals surface area contributed by atoms with Gasteiger partial charge in [0.15, 0.2) is 0 Å². The van der Waals surface area contributed by atoms with Crippen molar-refractivity contribution in [3.8, 4) is 0 Å². The lowest BCUT2D eigenvalue weighted by Crippen LogP contribution is -2.15. The number of anilines is 1. The van der Waals surface area contributed by atoms with E-state index in [1.54, 1.807) is 4.40 Å². The third kappa shape index (κ3) is 2.83. The lowest BCUT2D eigenvalue weighted by molar-refractivity contribution is 0.102. The van der Waals surface area contributed by atoms with Crippen molar-refractivity contribution in [2.24, 2.45) is 0 Å². The van der Waals surface area contributed by atoms with Crippen molar-refractivity contribution in [3.63, 3.8) is 0 Å². The number of ether oxygens (including phenoxy) is 1. The van der Waals surface area contributed by atoms with Gasteiger partial charge in [-0.15, -0.1) is 10.2 Å². The van der Waals surface area contributed by atoms with E-state index in [-0.39, 0.29) is 12.0 Å². The Hall–Kier alpha value is -1.84. The molecule has 1 fully saturated rings. The van der Waals surface area contributed by atoms with Gasteiger partial charge in [0.1, 0.15) is 22.5 Å². The first-order valence-electron chi connectivity index (χ1n) is 7.52. The number of rotatable bonds is 3. The normalized spacial score (nSPS) is 17.5. The van der Waals surface area contributed by atoms with Crippen molar-refractivity contribution in [1.29, 1.82) is 0 Å². The van der Waals surface area contributed by atoms with E-state index in [1.165, 1.54) is 11.3 Å². The highest BCUT2D eigenvalue weighted by atomic mass is 79.9. The highest BCUT2D eigenvalue weighted by molar-refractivity contribution is 9.10. The maximum absolute atomic E-state index is 12.7. The molecule has 3 aromatic rings. The molecule has 7 nitrogen and oxygen atoms in total. The fourth-order valence-corrected chi connectivity index (χ4v) is 3.91. The number of amides is 1. The second kappa shape index (κ2) is 6.23. The standard InChI is InChI=1S/C15H14BrN5O2S/c1-8-12(21-7-9(16)4-5-11(21)17-8)13(22)18-15-20-19-14(24-15)10-3-2-6-23-10/h4-5,7,10H,2-3,6H2,1H3,(H,18,20,22). The molecule has 0 radical (unpaired) electrons. The number of hydrogen-bond acceptors (Lipinski definition) is 6. The van der Waals surface area contributed by atoms with Gasteiger partial charge in [-0.25, -0.2) is 4.98 Å². The Morgan fingerprint density at radius 2 is 2.33 bits per heavy atom. The van der Waals surface area contributed by atoms with E-state index in [2.05, 4.69) is 36.4 Å². The summed E-state index contributed by atoms with van der Waals surface area (Å²) in [6.07, 6.45) is 3.80. The number of fused-ring (bicyclic) bond motifs is 1. The molecule has 1 saturated heterocycles. The lowest BCUT2D eigenvalue weighted by atomic mass is 10.2. The summed E-state index contributed by atoms with van der Waals surface area (Å²) < 4.78 is 8.23. The molecule has 4 rings (SSSR count). The minimum Gasteiger partial charge on any atom is -0.371 e. The Labute approximate surface area is 150 Å². The zero-order valence-electron chi connectivity index (χ0n) is 12.8. The molecule has 0 bridgehead atoms. The average Bonchev–Trinajstić information content (AvgIpc) is 3.25. The highest BCUT2D eigenvalue weighted by Gasteiger charge is 2.23. The Morgan fingerprint density at radius 3 is 3.12 bits per heavy atom. The Balaban J connectivity index is 1.60. The number of nitrogens with one attached hydrogen (secondary N) is 1. The SMILES string of the molecule is Cc1nc2ccc(Br)cn2c1C(=O)Nc1nnc(C2CCCO2)s1. The van der Waals surface area contributed by atoms with Crippen LogP contribution in [0.15, 0.2) is 22.8 Å². The van der Waals surface area contributed by atoms with Gasteiger partial charge in [-0.05, 0) is 47.8 Å².